The maximum Gasteiger partial charge on any atom is 0.257 e. The maximum atomic E-state index is 12.9. The van der Waals surface area contributed by atoms with Gasteiger partial charge in [0.15, 0.2) is 5.65 Å². The number of carbonyl (C=O) groups is 1. The zero-order valence-corrected chi connectivity index (χ0v) is 13.6. The predicted octanol–water partition coefficient (Wildman–Crippen LogP) is 2.00. The van der Waals surface area contributed by atoms with Gasteiger partial charge in [-0.2, -0.15) is 5.10 Å². The van der Waals surface area contributed by atoms with Crippen molar-refractivity contribution in [3.8, 4) is 0 Å². The number of hydrogen-bond acceptors (Lipinski definition) is 4. The average molecular weight is 321 g/mol. The summed E-state index contributed by atoms with van der Waals surface area (Å²) in [4.78, 5) is 21.4. The quantitative estimate of drug-likeness (QED) is 0.724. The van der Waals surface area contributed by atoms with Crippen LogP contribution in [-0.2, 0) is 0 Å². The number of carbonyl (C=O) groups excluding carboxylic acids is 1. The fourth-order valence-electron chi connectivity index (χ4n) is 3.18. The predicted molar refractivity (Wildman–Crippen MR) is 92.3 cm³/mol. The first kappa shape index (κ1) is 14.7. The Kier molecular flexibility index (Phi) is 3.65. The minimum atomic E-state index is 0.0325. The van der Waals surface area contributed by atoms with Gasteiger partial charge in [-0.15, -0.1) is 0 Å². The molecule has 1 fully saturated rings. The third kappa shape index (κ3) is 2.50. The number of anilines is 1. The summed E-state index contributed by atoms with van der Waals surface area (Å²) in [5.41, 5.74) is 3.43. The Morgan fingerprint density at radius 1 is 1.04 bits per heavy atom. The van der Waals surface area contributed by atoms with Crippen molar-refractivity contribution in [1.82, 2.24) is 19.5 Å². The number of hydrogen-bond donors (Lipinski definition) is 0. The lowest BCUT2D eigenvalue weighted by molar-refractivity contribution is 0.0745. The number of piperazine rings is 1. The van der Waals surface area contributed by atoms with Gasteiger partial charge < -0.3 is 9.80 Å². The molecule has 0 radical (unpaired) electrons. The average Bonchev–Trinajstić information content (AvgIpc) is 3.12. The number of fused-ring (bicyclic) bond motifs is 1. The van der Waals surface area contributed by atoms with E-state index in [0.717, 1.165) is 24.4 Å². The summed E-state index contributed by atoms with van der Waals surface area (Å²) in [7, 11) is 0. The van der Waals surface area contributed by atoms with Gasteiger partial charge in [-0.25, -0.2) is 9.50 Å². The van der Waals surface area contributed by atoms with Crippen LogP contribution in [0.25, 0.3) is 5.65 Å². The van der Waals surface area contributed by atoms with Crippen LogP contribution in [0.2, 0.25) is 0 Å². The Balaban J connectivity index is 1.50. The van der Waals surface area contributed by atoms with Crippen LogP contribution in [0, 0.1) is 6.92 Å². The van der Waals surface area contributed by atoms with E-state index in [9.17, 15) is 4.79 Å². The molecule has 6 heteroatoms. The van der Waals surface area contributed by atoms with E-state index in [-0.39, 0.29) is 5.91 Å². The molecule has 24 heavy (non-hydrogen) atoms. The zero-order valence-electron chi connectivity index (χ0n) is 13.6. The van der Waals surface area contributed by atoms with E-state index in [2.05, 4.69) is 27.1 Å². The lowest BCUT2D eigenvalue weighted by atomic mass is 10.2. The van der Waals surface area contributed by atoms with Crippen molar-refractivity contribution in [2.45, 2.75) is 6.92 Å². The van der Waals surface area contributed by atoms with Gasteiger partial charge in [0, 0.05) is 44.1 Å². The minimum Gasteiger partial charge on any atom is -0.368 e. The first-order valence-corrected chi connectivity index (χ1v) is 8.12. The molecule has 1 amide bonds. The van der Waals surface area contributed by atoms with Crippen molar-refractivity contribution in [2.75, 3.05) is 31.1 Å². The van der Waals surface area contributed by atoms with E-state index in [0.29, 0.717) is 18.7 Å². The molecule has 0 bridgehead atoms. The molecule has 0 spiro atoms. The van der Waals surface area contributed by atoms with E-state index in [4.69, 9.17) is 0 Å². The first-order chi connectivity index (χ1) is 11.7. The standard InChI is InChI=1S/C18H19N5O/c1-14-16(13-19-17-7-8-20-23(14)17)18(24)22-11-9-21(10-12-22)15-5-3-2-4-6-15/h2-8,13H,9-12H2,1H3. The second-order valence-corrected chi connectivity index (χ2v) is 5.97. The van der Waals surface area contributed by atoms with Crippen molar-refractivity contribution >= 4 is 17.2 Å². The van der Waals surface area contributed by atoms with E-state index < -0.39 is 0 Å². The molecule has 4 rings (SSSR count). The molecule has 6 nitrogen and oxygen atoms in total. The highest BCUT2D eigenvalue weighted by Gasteiger charge is 2.24. The summed E-state index contributed by atoms with van der Waals surface area (Å²) in [6.07, 6.45) is 3.36. The van der Waals surface area contributed by atoms with Crippen LogP contribution < -0.4 is 4.90 Å². The molecule has 2 aromatic heterocycles. The van der Waals surface area contributed by atoms with Crippen molar-refractivity contribution < 1.29 is 4.79 Å². The monoisotopic (exact) mass is 321 g/mol. The van der Waals surface area contributed by atoms with Crippen molar-refractivity contribution in [3.63, 3.8) is 0 Å². The topological polar surface area (TPSA) is 53.7 Å². The molecule has 3 heterocycles. The van der Waals surface area contributed by atoms with Gasteiger partial charge in [-0.1, -0.05) is 18.2 Å². The van der Waals surface area contributed by atoms with Gasteiger partial charge in [-0.05, 0) is 19.1 Å². The number of para-hydroxylation sites is 1. The third-order valence-electron chi connectivity index (χ3n) is 4.57. The second-order valence-electron chi connectivity index (χ2n) is 5.97. The fourth-order valence-corrected chi connectivity index (χ4v) is 3.18. The van der Waals surface area contributed by atoms with Gasteiger partial charge in [0.2, 0.25) is 0 Å². The molecule has 0 aliphatic carbocycles. The van der Waals surface area contributed by atoms with E-state index in [1.807, 2.05) is 36.1 Å². The Labute approximate surface area is 140 Å². The molecule has 1 saturated heterocycles. The Bertz CT molecular complexity index is 866. The number of benzene rings is 1. The number of rotatable bonds is 2. The summed E-state index contributed by atoms with van der Waals surface area (Å²) in [6.45, 7) is 5.02. The molecule has 0 atom stereocenters. The van der Waals surface area contributed by atoms with Gasteiger partial charge in [-0.3, -0.25) is 4.79 Å². The van der Waals surface area contributed by atoms with Gasteiger partial charge >= 0.3 is 0 Å². The summed E-state index contributed by atoms with van der Waals surface area (Å²) in [6, 6.07) is 12.2. The highest BCUT2D eigenvalue weighted by atomic mass is 16.2. The SMILES string of the molecule is Cc1c(C(=O)N2CCN(c3ccccc3)CC2)cnc2ccnn12. The number of aromatic nitrogens is 3. The summed E-state index contributed by atoms with van der Waals surface area (Å²) in [5, 5.41) is 4.23. The van der Waals surface area contributed by atoms with Crippen molar-refractivity contribution in [3.05, 3.63) is 60.0 Å². The molecule has 0 unspecified atom stereocenters. The molecule has 1 aliphatic rings. The number of nitrogens with zero attached hydrogens (tertiary/aromatic N) is 5. The van der Waals surface area contributed by atoms with Gasteiger partial charge in [0.1, 0.15) is 0 Å². The van der Waals surface area contributed by atoms with Crippen LogP contribution in [0.4, 0.5) is 5.69 Å². The molecule has 1 aliphatic heterocycles. The Morgan fingerprint density at radius 2 is 1.79 bits per heavy atom. The number of amides is 1. The molecule has 1 aromatic carbocycles. The summed E-state index contributed by atoms with van der Waals surface area (Å²) in [5.74, 6) is 0.0325. The molecular weight excluding hydrogens is 302 g/mol. The van der Waals surface area contributed by atoms with E-state index in [1.54, 1.807) is 16.9 Å². The highest BCUT2D eigenvalue weighted by molar-refractivity contribution is 5.95. The molecular formula is C18H19N5O. The van der Waals surface area contributed by atoms with E-state index >= 15 is 0 Å². The zero-order chi connectivity index (χ0) is 16.5. The van der Waals surface area contributed by atoms with Crippen LogP contribution in [0.15, 0.2) is 48.8 Å². The molecule has 0 saturated carbocycles. The van der Waals surface area contributed by atoms with Crippen LogP contribution >= 0.6 is 0 Å². The van der Waals surface area contributed by atoms with Crippen LogP contribution in [-0.4, -0.2) is 51.6 Å². The fraction of sp³-hybridized carbons (Fsp3) is 0.278. The van der Waals surface area contributed by atoms with Crippen LogP contribution in [0.1, 0.15) is 16.1 Å². The highest BCUT2D eigenvalue weighted by Crippen LogP contribution is 2.18. The Morgan fingerprint density at radius 3 is 2.54 bits per heavy atom. The largest absolute Gasteiger partial charge is 0.368 e. The van der Waals surface area contributed by atoms with Crippen LogP contribution in [0.3, 0.4) is 0 Å². The lowest BCUT2D eigenvalue weighted by Crippen LogP contribution is -2.49. The molecule has 3 aromatic rings. The van der Waals surface area contributed by atoms with Gasteiger partial charge in [0.25, 0.3) is 5.91 Å². The van der Waals surface area contributed by atoms with E-state index in [1.165, 1.54) is 5.69 Å². The number of aryl methyl sites for hydroxylation is 1. The van der Waals surface area contributed by atoms with Crippen LogP contribution in [0.5, 0.6) is 0 Å². The summed E-state index contributed by atoms with van der Waals surface area (Å²) >= 11 is 0. The molecule has 0 N–H and O–H groups in total. The minimum absolute atomic E-state index is 0.0325. The normalized spacial score (nSPS) is 15.0. The van der Waals surface area contributed by atoms with Crippen molar-refractivity contribution in [2.24, 2.45) is 0 Å². The van der Waals surface area contributed by atoms with Gasteiger partial charge in [0.05, 0.1) is 17.5 Å². The van der Waals surface area contributed by atoms with Crippen molar-refractivity contribution in [1.29, 1.82) is 0 Å². The second kappa shape index (κ2) is 5.96. The third-order valence-corrected chi connectivity index (χ3v) is 4.57. The summed E-state index contributed by atoms with van der Waals surface area (Å²) < 4.78 is 1.72. The molecule has 122 valence electrons. The first-order valence-electron chi connectivity index (χ1n) is 8.12. The lowest BCUT2D eigenvalue weighted by Gasteiger charge is -2.36. The smallest absolute Gasteiger partial charge is 0.257 e. The maximum absolute atomic E-state index is 12.9. The Hall–Kier alpha value is -2.89.